The van der Waals surface area contributed by atoms with Gasteiger partial charge in [-0.1, -0.05) is 41.5 Å². The van der Waals surface area contributed by atoms with Crippen molar-refractivity contribution in [2.45, 2.75) is 41.5 Å². The van der Waals surface area contributed by atoms with Gasteiger partial charge in [0.15, 0.2) is 0 Å². The summed E-state index contributed by atoms with van der Waals surface area (Å²) in [7, 11) is 1.78. The maximum atomic E-state index is 5.26. The topological polar surface area (TPSA) is 9.23 Å². The minimum Gasteiger partial charge on any atom is -0.384 e. The summed E-state index contributed by atoms with van der Waals surface area (Å²) in [4.78, 5) is 0. The predicted octanol–water partition coefficient (Wildman–Crippen LogP) is 3.34. The molecule has 0 heterocycles. The molecule has 1 heteroatoms. The van der Waals surface area contributed by atoms with Crippen LogP contribution in [0, 0.1) is 16.7 Å². The quantitative estimate of drug-likeness (QED) is 0.620. The molecule has 0 atom stereocenters. The highest BCUT2D eigenvalue weighted by molar-refractivity contribution is 4.83. The molecule has 0 aromatic carbocycles. The van der Waals surface area contributed by atoms with Crippen molar-refractivity contribution in [3.8, 4) is 0 Å². The number of hydrogen-bond donors (Lipinski definition) is 0. The van der Waals surface area contributed by atoms with Gasteiger partial charge in [-0.15, -0.1) is 0 Å². The Kier molecular flexibility index (Phi) is 3.77. The van der Waals surface area contributed by atoms with Crippen LogP contribution in [0.25, 0.3) is 0 Å². The van der Waals surface area contributed by atoms with Crippen LogP contribution in [0.3, 0.4) is 0 Å². The van der Waals surface area contributed by atoms with Crippen molar-refractivity contribution in [3.05, 3.63) is 0 Å². The molecule has 0 saturated heterocycles. The second kappa shape index (κ2) is 3.78. The molecule has 0 bridgehead atoms. The van der Waals surface area contributed by atoms with Gasteiger partial charge in [-0.2, -0.15) is 0 Å². The second-order valence-corrected chi connectivity index (χ2v) is 5.74. The van der Waals surface area contributed by atoms with Gasteiger partial charge < -0.3 is 4.74 Å². The number of ether oxygens (including phenoxy) is 1. The first-order chi connectivity index (χ1) is 5.19. The molecular formula is C11H24O. The van der Waals surface area contributed by atoms with E-state index in [1.54, 1.807) is 7.11 Å². The number of methoxy groups -OCH3 is 1. The molecule has 74 valence electrons. The summed E-state index contributed by atoms with van der Waals surface area (Å²) < 4.78 is 5.26. The molecule has 0 spiro atoms. The van der Waals surface area contributed by atoms with Gasteiger partial charge in [0.1, 0.15) is 0 Å². The van der Waals surface area contributed by atoms with Gasteiger partial charge in [-0.3, -0.25) is 0 Å². The van der Waals surface area contributed by atoms with E-state index in [4.69, 9.17) is 4.74 Å². The third-order valence-corrected chi connectivity index (χ3v) is 2.42. The summed E-state index contributed by atoms with van der Waals surface area (Å²) in [6.07, 6.45) is 0. The van der Waals surface area contributed by atoms with Gasteiger partial charge in [0, 0.05) is 7.11 Å². The molecule has 12 heavy (non-hydrogen) atoms. The van der Waals surface area contributed by atoms with Gasteiger partial charge >= 0.3 is 0 Å². The van der Waals surface area contributed by atoms with Crippen molar-refractivity contribution >= 4 is 0 Å². The molecule has 0 radical (unpaired) electrons. The molecule has 0 unspecified atom stereocenters. The first-order valence-electron chi connectivity index (χ1n) is 4.68. The third-order valence-electron chi connectivity index (χ3n) is 2.42. The fourth-order valence-corrected chi connectivity index (χ4v) is 1.97. The van der Waals surface area contributed by atoms with E-state index in [0.717, 1.165) is 6.61 Å². The highest BCUT2D eigenvalue weighted by Crippen LogP contribution is 2.39. The van der Waals surface area contributed by atoms with Crippen LogP contribution in [0.5, 0.6) is 0 Å². The second-order valence-electron chi connectivity index (χ2n) is 5.74. The molecule has 0 N–H and O–H groups in total. The lowest BCUT2D eigenvalue weighted by Crippen LogP contribution is -2.35. The van der Waals surface area contributed by atoms with Crippen molar-refractivity contribution in [3.63, 3.8) is 0 Å². The van der Waals surface area contributed by atoms with Crippen LogP contribution in [0.15, 0.2) is 0 Å². The predicted molar refractivity (Wildman–Crippen MR) is 54.3 cm³/mol. The Hall–Kier alpha value is -0.0400. The van der Waals surface area contributed by atoms with Crippen LogP contribution >= 0.6 is 0 Å². The molecule has 0 amide bonds. The molecule has 0 aliphatic carbocycles. The van der Waals surface area contributed by atoms with E-state index >= 15 is 0 Å². The smallest absolute Gasteiger partial charge is 0.0500 e. The van der Waals surface area contributed by atoms with Gasteiger partial charge in [0.05, 0.1) is 6.61 Å². The van der Waals surface area contributed by atoms with Crippen LogP contribution in [-0.2, 0) is 4.74 Å². The summed E-state index contributed by atoms with van der Waals surface area (Å²) >= 11 is 0. The number of rotatable bonds is 2. The number of hydrogen-bond acceptors (Lipinski definition) is 1. The minimum absolute atomic E-state index is 0.328. The van der Waals surface area contributed by atoms with Crippen molar-refractivity contribution in [2.75, 3.05) is 13.7 Å². The Bertz CT molecular complexity index is 111. The average Bonchev–Trinajstić information content (AvgIpc) is 1.77. The van der Waals surface area contributed by atoms with Gasteiger partial charge in [-0.05, 0) is 16.7 Å². The average molecular weight is 172 g/mol. The maximum Gasteiger partial charge on any atom is 0.0500 e. The zero-order valence-corrected chi connectivity index (χ0v) is 9.69. The fraction of sp³-hybridized carbons (Fsp3) is 1.00. The van der Waals surface area contributed by atoms with E-state index in [0.29, 0.717) is 16.7 Å². The highest BCUT2D eigenvalue weighted by atomic mass is 16.5. The van der Waals surface area contributed by atoms with Crippen LogP contribution < -0.4 is 0 Å². The summed E-state index contributed by atoms with van der Waals surface area (Å²) in [5.74, 6) is 0.606. The Morgan fingerprint density at radius 2 is 1.25 bits per heavy atom. The summed E-state index contributed by atoms with van der Waals surface area (Å²) in [5.41, 5.74) is 0.655. The lowest BCUT2D eigenvalue weighted by Gasteiger charge is -2.40. The largest absolute Gasteiger partial charge is 0.384 e. The van der Waals surface area contributed by atoms with Crippen molar-refractivity contribution in [1.29, 1.82) is 0 Å². The molecule has 0 aliphatic rings. The van der Waals surface area contributed by atoms with Crippen molar-refractivity contribution in [2.24, 2.45) is 16.7 Å². The summed E-state index contributed by atoms with van der Waals surface area (Å²) in [5, 5.41) is 0. The van der Waals surface area contributed by atoms with E-state index in [9.17, 15) is 0 Å². The molecule has 1 nitrogen and oxygen atoms in total. The van der Waals surface area contributed by atoms with Crippen LogP contribution in [0.2, 0.25) is 0 Å². The van der Waals surface area contributed by atoms with E-state index in [1.165, 1.54) is 0 Å². The Balaban J connectivity index is 4.45. The Labute approximate surface area is 77.5 Å². The van der Waals surface area contributed by atoms with Crippen LogP contribution in [0.4, 0.5) is 0 Å². The summed E-state index contributed by atoms with van der Waals surface area (Å²) in [6, 6.07) is 0. The Morgan fingerprint density at radius 3 is 1.33 bits per heavy atom. The zero-order chi connectivity index (χ0) is 9.99. The molecule has 0 aliphatic heterocycles. The van der Waals surface area contributed by atoms with E-state index in [-0.39, 0.29) is 0 Å². The zero-order valence-electron chi connectivity index (χ0n) is 9.69. The fourth-order valence-electron chi connectivity index (χ4n) is 1.97. The molecular weight excluding hydrogens is 148 g/mol. The molecule has 0 aromatic rings. The van der Waals surface area contributed by atoms with Crippen molar-refractivity contribution < 1.29 is 4.74 Å². The monoisotopic (exact) mass is 172 g/mol. The lowest BCUT2D eigenvalue weighted by molar-refractivity contribution is 0.0185. The van der Waals surface area contributed by atoms with Crippen LogP contribution in [0.1, 0.15) is 41.5 Å². The third kappa shape index (κ3) is 3.57. The van der Waals surface area contributed by atoms with Crippen molar-refractivity contribution in [1.82, 2.24) is 0 Å². The van der Waals surface area contributed by atoms with Gasteiger partial charge in [-0.25, -0.2) is 0 Å². The van der Waals surface area contributed by atoms with Gasteiger partial charge in [0.25, 0.3) is 0 Å². The molecule has 0 fully saturated rings. The molecule has 0 aromatic heterocycles. The maximum absolute atomic E-state index is 5.26. The van der Waals surface area contributed by atoms with E-state index in [2.05, 4.69) is 41.5 Å². The van der Waals surface area contributed by atoms with E-state index < -0.39 is 0 Å². The SMILES string of the molecule is COCC(C(C)(C)C)C(C)(C)C. The molecule has 0 rings (SSSR count). The first-order valence-corrected chi connectivity index (χ1v) is 4.68. The minimum atomic E-state index is 0.328. The van der Waals surface area contributed by atoms with E-state index in [1.807, 2.05) is 0 Å². The first kappa shape index (κ1) is 12.0. The highest BCUT2D eigenvalue weighted by Gasteiger charge is 2.34. The molecule has 0 saturated carbocycles. The standard InChI is InChI=1S/C11H24O/c1-10(2,3)9(8-12-7)11(4,5)6/h9H,8H2,1-7H3. The Morgan fingerprint density at radius 1 is 0.917 bits per heavy atom. The van der Waals surface area contributed by atoms with Crippen LogP contribution in [-0.4, -0.2) is 13.7 Å². The lowest BCUT2D eigenvalue weighted by atomic mass is 9.67. The normalized spacial score (nSPS) is 14.0. The van der Waals surface area contributed by atoms with Gasteiger partial charge in [0.2, 0.25) is 0 Å². The summed E-state index contributed by atoms with van der Waals surface area (Å²) in [6.45, 7) is 14.5.